The van der Waals surface area contributed by atoms with Crippen molar-refractivity contribution in [2.24, 2.45) is 0 Å². The summed E-state index contributed by atoms with van der Waals surface area (Å²) in [6.45, 7) is 1.64. The van der Waals surface area contributed by atoms with E-state index in [1.54, 1.807) is 43.3 Å². The van der Waals surface area contributed by atoms with Gasteiger partial charge in [0.1, 0.15) is 11.0 Å². The van der Waals surface area contributed by atoms with E-state index in [2.05, 4.69) is 0 Å². The summed E-state index contributed by atoms with van der Waals surface area (Å²) in [6, 6.07) is 12.3. The molecule has 3 rings (SSSR count). The lowest BCUT2D eigenvalue weighted by Crippen LogP contribution is -2.57. The summed E-state index contributed by atoms with van der Waals surface area (Å²) < 4.78 is 31.3. The fourth-order valence-corrected chi connectivity index (χ4v) is 4.67. The first kappa shape index (κ1) is 16.3. The van der Waals surface area contributed by atoms with Crippen molar-refractivity contribution < 1.29 is 18.1 Å². The molecule has 0 aliphatic carbocycles. The fraction of sp³-hybridized carbons (Fsp3) is 0.250. The number of nitro benzene ring substituents is 1. The SMILES string of the molecule is COc1ccc(N2C(c3ccc([N+](=O)[O-])cc3)C(C)S2(=O)=O)cc1. The predicted molar refractivity (Wildman–Crippen MR) is 89.7 cm³/mol. The molecule has 0 radical (unpaired) electrons. The number of hydrogen-bond donors (Lipinski definition) is 0. The number of nitrogens with zero attached hydrogens (tertiary/aromatic N) is 2. The van der Waals surface area contributed by atoms with Gasteiger partial charge in [0.25, 0.3) is 5.69 Å². The third-order valence-corrected chi connectivity index (χ3v) is 6.40. The zero-order chi connectivity index (χ0) is 17.5. The number of ether oxygens (including phenoxy) is 1. The van der Waals surface area contributed by atoms with Crippen molar-refractivity contribution in [3.8, 4) is 5.75 Å². The van der Waals surface area contributed by atoms with Crippen LogP contribution in [-0.4, -0.2) is 25.7 Å². The minimum Gasteiger partial charge on any atom is -0.497 e. The maximum atomic E-state index is 12.4. The second-order valence-electron chi connectivity index (χ2n) is 5.54. The van der Waals surface area contributed by atoms with Crippen LogP contribution in [0, 0.1) is 10.1 Å². The summed E-state index contributed by atoms with van der Waals surface area (Å²) in [6.07, 6.45) is 0. The molecule has 1 saturated heterocycles. The van der Waals surface area contributed by atoms with E-state index >= 15 is 0 Å². The fourth-order valence-electron chi connectivity index (χ4n) is 2.87. The second-order valence-corrected chi connectivity index (χ2v) is 7.70. The molecule has 0 saturated carbocycles. The highest BCUT2D eigenvalue weighted by molar-refractivity contribution is 7.95. The first-order valence-electron chi connectivity index (χ1n) is 7.28. The number of benzene rings is 2. The largest absolute Gasteiger partial charge is 0.497 e. The third kappa shape index (κ3) is 2.48. The molecular weight excluding hydrogens is 332 g/mol. The van der Waals surface area contributed by atoms with Gasteiger partial charge < -0.3 is 4.74 Å². The van der Waals surface area contributed by atoms with Gasteiger partial charge in [-0.2, -0.15) is 0 Å². The summed E-state index contributed by atoms with van der Waals surface area (Å²) in [5.41, 5.74) is 1.24. The average molecular weight is 348 g/mol. The minimum atomic E-state index is -3.44. The lowest BCUT2D eigenvalue weighted by Gasteiger charge is -2.47. The van der Waals surface area contributed by atoms with Crippen LogP contribution in [0.5, 0.6) is 5.75 Å². The molecule has 2 aromatic rings. The number of nitro groups is 1. The van der Waals surface area contributed by atoms with Crippen molar-refractivity contribution in [2.45, 2.75) is 18.2 Å². The minimum absolute atomic E-state index is 0.0235. The Morgan fingerprint density at radius 2 is 1.67 bits per heavy atom. The molecule has 2 atom stereocenters. The monoisotopic (exact) mass is 348 g/mol. The van der Waals surface area contributed by atoms with E-state index in [0.717, 1.165) is 5.56 Å². The highest BCUT2D eigenvalue weighted by atomic mass is 32.2. The Labute approximate surface area is 139 Å². The lowest BCUT2D eigenvalue weighted by atomic mass is 10.0. The predicted octanol–water partition coefficient (Wildman–Crippen LogP) is 2.88. The van der Waals surface area contributed by atoms with E-state index in [9.17, 15) is 18.5 Å². The topological polar surface area (TPSA) is 89.8 Å². The van der Waals surface area contributed by atoms with Gasteiger partial charge in [0.2, 0.25) is 10.0 Å². The van der Waals surface area contributed by atoms with Crippen LogP contribution in [-0.2, 0) is 10.0 Å². The van der Waals surface area contributed by atoms with Gasteiger partial charge in [-0.05, 0) is 36.8 Å². The number of rotatable bonds is 4. The molecule has 126 valence electrons. The van der Waals surface area contributed by atoms with Gasteiger partial charge in [-0.15, -0.1) is 0 Å². The Morgan fingerprint density at radius 1 is 1.08 bits per heavy atom. The van der Waals surface area contributed by atoms with Crippen LogP contribution >= 0.6 is 0 Å². The molecule has 8 heteroatoms. The molecule has 24 heavy (non-hydrogen) atoms. The summed E-state index contributed by atoms with van der Waals surface area (Å²) >= 11 is 0. The Morgan fingerprint density at radius 3 is 2.17 bits per heavy atom. The molecule has 7 nitrogen and oxygen atoms in total. The van der Waals surface area contributed by atoms with Crippen LogP contribution in [0.1, 0.15) is 18.5 Å². The molecule has 0 amide bonds. The zero-order valence-electron chi connectivity index (χ0n) is 13.1. The van der Waals surface area contributed by atoms with Crippen LogP contribution in [0.3, 0.4) is 0 Å². The number of anilines is 1. The number of hydrogen-bond acceptors (Lipinski definition) is 5. The van der Waals surface area contributed by atoms with Crippen molar-refractivity contribution >= 4 is 21.4 Å². The first-order valence-corrected chi connectivity index (χ1v) is 8.78. The summed E-state index contributed by atoms with van der Waals surface area (Å²) in [5.74, 6) is 0.636. The van der Waals surface area contributed by atoms with Crippen LogP contribution < -0.4 is 9.04 Å². The van der Waals surface area contributed by atoms with E-state index < -0.39 is 20.2 Å². The van der Waals surface area contributed by atoms with Gasteiger partial charge in [0, 0.05) is 12.1 Å². The third-order valence-electron chi connectivity index (χ3n) is 4.21. The molecule has 1 aliphatic heterocycles. The molecule has 0 N–H and O–H groups in total. The normalized spacial score (nSPS) is 21.8. The smallest absolute Gasteiger partial charge is 0.269 e. The van der Waals surface area contributed by atoms with E-state index in [0.29, 0.717) is 11.4 Å². The average Bonchev–Trinajstić information content (AvgIpc) is 2.59. The van der Waals surface area contributed by atoms with Crippen molar-refractivity contribution in [1.29, 1.82) is 0 Å². The van der Waals surface area contributed by atoms with E-state index in [1.807, 2.05) is 0 Å². The highest BCUT2D eigenvalue weighted by Crippen LogP contribution is 2.45. The quantitative estimate of drug-likeness (QED) is 0.626. The molecule has 1 aliphatic rings. The van der Waals surface area contributed by atoms with Gasteiger partial charge >= 0.3 is 0 Å². The molecule has 0 bridgehead atoms. The second kappa shape index (κ2) is 5.79. The lowest BCUT2D eigenvalue weighted by molar-refractivity contribution is -0.384. The van der Waals surface area contributed by atoms with Gasteiger partial charge in [0.15, 0.2) is 0 Å². The van der Waals surface area contributed by atoms with E-state index in [4.69, 9.17) is 4.74 Å². The van der Waals surface area contributed by atoms with Gasteiger partial charge in [-0.1, -0.05) is 12.1 Å². The standard InChI is InChI=1S/C16H16N2O5S/c1-11-16(12-3-5-14(6-4-12)18(19)20)17(24(11,21)22)13-7-9-15(23-2)10-8-13/h3-11,16H,1-2H3. The Bertz CT molecular complexity index is 862. The van der Waals surface area contributed by atoms with Gasteiger partial charge in [-0.3, -0.25) is 14.4 Å². The van der Waals surface area contributed by atoms with Crippen LogP contribution in [0.2, 0.25) is 0 Å². The summed E-state index contributed by atoms with van der Waals surface area (Å²) in [4.78, 5) is 10.3. The first-order chi connectivity index (χ1) is 11.4. The molecule has 0 aromatic heterocycles. The number of non-ortho nitro benzene ring substituents is 1. The van der Waals surface area contributed by atoms with Gasteiger partial charge in [0.05, 0.1) is 23.8 Å². The molecule has 1 fully saturated rings. The highest BCUT2D eigenvalue weighted by Gasteiger charge is 2.51. The van der Waals surface area contributed by atoms with Crippen LogP contribution in [0.4, 0.5) is 11.4 Å². The van der Waals surface area contributed by atoms with Gasteiger partial charge in [-0.25, -0.2) is 8.42 Å². The van der Waals surface area contributed by atoms with E-state index in [1.165, 1.54) is 23.5 Å². The molecule has 0 spiro atoms. The number of sulfonamides is 1. The Hall–Kier alpha value is -2.61. The maximum Gasteiger partial charge on any atom is 0.269 e. The molecule has 2 unspecified atom stereocenters. The van der Waals surface area contributed by atoms with E-state index in [-0.39, 0.29) is 11.7 Å². The van der Waals surface area contributed by atoms with Crippen LogP contribution in [0.15, 0.2) is 48.5 Å². The molecular formula is C16H16N2O5S. The summed E-state index contributed by atoms with van der Waals surface area (Å²) in [7, 11) is -1.90. The zero-order valence-corrected chi connectivity index (χ0v) is 13.9. The van der Waals surface area contributed by atoms with Crippen molar-refractivity contribution in [3.63, 3.8) is 0 Å². The number of methoxy groups -OCH3 is 1. The molecule has 1 heterocycles. The summed E-state index contributed by atoms with van der Waals surface area (Å²) in [5, 5.41) is 10.2. The maximum absolute atomic E-state index is 12.4. The van der Waals surface area contributed by atoms with Crippen molar-refractivity contribution in [1.82, 2.24) is 0 Å². The molecule has 2 aromatic carbocycles. The van der Waals surface area contributed by atoms with Crippen molar-refractivity contribution in [3.05, 3.63) is 64.2 Å². The van der Waals surface area contributed by atoms with Crippen molar-refractivity contribution in [2.75, 3.05) is 11.4 Å². The van der Waals surface area contributed by atoms with Crippen LogP contribution in [0.25, 0.3) is 0 Å². The Kier molecular flexibility index (Phi) is 3.92. The Balaban J connectivity index is 1.97.